The van der Waals surface area contributed by atoms with Gasteiger partial charge in [-0.3, -0.25) is 0 Å². The number of hydrogen-bond acceptors (Lipinski definition) is 2. The van der Waals surface area contributed by atoms with E-state index in [9.17, 15) is 0 Å². The molecule has 0 saturated heterocycles. The summed E-state index contributed by atoms with van der Waals surface area (Å²) in [6, 6.07) is 89.4. The molecule has 0 atom stereocenters. The van der Waals surface area contributed by atoms with Gasteiger partial charge >= 0.3 is 0 Å². The van der Waals surface area contributed by atoms with E-state index in [-0.39, 0.29) is 0 Å². The lowest BCUT2D eigenvalue weighted by molar-refractivity contribution is 1.18. The minimum Gasteiger partial charge on any atom is -0.309 e. The van der Waals surface area contributed by atoms with Crippen molar-refractivity contribution >= 4 is 54.1 Å². The molecular formula is C64H41N3. The molecule has 13 aromatic rings. The predicted molar refractivity (Wildman–Crippen MR) is 282 cm³/mol. The zero-order valence-electron chi connectivity index (χ0n) is 36.5. The molecule has 312 valence electrons. The summed E-state index contributed by atoms with van der Waals surface area (Å²) in [6.07, 6.45) is 0. The molecule has 0 fully saturated rings. The lowest BCUT2D eigenvalue weighted by Gasteiger charge is -2.19. The lowest BCUT2D eigenvalue weighted by Crippen LogP contribution is -1.96. The van der Waals surface area contributed by atoms with Crippen LogP contribution in [-0.4, -0.2) is 14.5 Å². The Bertz CT molecular complexity index is 4000. The van der Waals surface area contributed by atoms with Crippen LogP contribution in [0.5, 0.6) is 0 Å². The molecule has 0 bridgehead atoms. The van der Waals surface area contributed by atoms with E-state index in [4.69, 9.17) is 9.97 Å². The summed E-state index contributed by atoms with van der Waals surface area (Å²) in [6.45, 7) is 0. The molecule has 0 aliphatic rings. The first-order chi connectivity index (χ1) is 33.2. The quantitative estimate of drug-likeness (QED) is 0.118. The van der Waals surface area contributed by atoms with Crippen LogP contribution in [0, 0.1) is 0 Å². The first kappa shape index (κ1) is 38.5. The van der Waals surface area contributed by atoms with E-state index in [2.05, 4.69) is 235 Å². The van der Waals surface area contributed by atoms with Gasteiger partial charge in [-0.2, -0.15) is 0 Å². The Balaban J connectivity index is 0.935. The zero-order chi connectivity index (χ0) is 44.3. The maximum atomic E-state index is 5.24. The standard InChI is InChI=1S/C64H41N3/c1-4-18-44(19-5-1)62-54-29-13-12-28-53(54)61(55-37-35-42-17-10-11-26-51(42)63(55)62)45-33-31-43(32-34-45)57-41-58(66-64(65-57)46-20-6-2-7-21-46)49-23-16-22-47(39-49)48-36-38-60-56(40-48)52-27-14-15-30-59(52)67(60)50-24-8-3-9-25-50/h1-41H. The van der Waals surface area contributed by atoms with Gasteiger partial charge in [0.15, 0.2) is 5.82 Å². The number of benzene rings is 11. The molecular weight excluding hydrogens is 811 g/mol. The predicted octanol–water partition coefficient (Wildman–Crippen LogP) is 17.0. The second-order valence-corrected chi connectivity index (χ2v) is 17.3. The number of para-hydroxylation sites is 2. The van der Waals surface area contributed by atoms with Crippen LogP contribution in [-0.2, 0) is 0 Å². The highest BCUT2D eigenvalue weighted by Crippen LogP contribution is 2.46. The number of rotatable bonds is 7. The van der Waals surface area contributed by atoms with Crippen molar-refractivity contribution in [2.24, 2.45) is 0 Å². The normalized spacial score (nSPS) is 11.6. The Kier molecular flexibility index (Phi) is 9.17. The third-order valence-electron chi connectivity index (χ3n) is 13.4. The molecule has 67 heavy (non-hydrogen) atoms. The minimum atomic E-state index is 0.693. The molecule has 0 radical (unpaired) electrons. The molecule has 3 heteroatoms. The third-order valence-corrected chi connectivity index (χ3v) is 13.4. The lowest BCUT2D eigenvalue weighted by atomic mass is 9.84. The topological polar surface area (TPSA) is 30.7 Å². The van der Waals surface area contributed by atoms with Crippen molar-refractivity contribution in [3.8, 4) is 73.0 Å². The first-order valence-corrected chi connectivity index (χ1v) is 22.9. The van der Waals surface area contributed by atoms with E-state index >= 15 is 0 Å². The van der Waals surface area contributed by atoms with Crippen molar-refractivity contribution in [1.29, 1.82) is 0 Å². The Morgan fingerprint density at radius 2 is 0.791 bits per heavy atom. The van der Waals surface area contributed by atoms with Gasteiger partial charge in [0, 0.05) is 33.2 Å². The second kappa shape index (κ2) is 16.0. The van der Waals surface area contributed by atoms with Gasteiger partial charge < -0.3 is 4.57 Å². The molecule has 0 aliphatic carbocycles. The van der Waals surface area contributed by atoms with E-state index in [1.807, 2.05) is 18.2 Å². The van der Waals surface area contributed by atoms with Crippen LogP contribution in [0.3, 0.4) is 0 Å². The molecule has 3 nitrogen and oxygen atoms in total. The summed E-state index contributed by atoms with van der Waals surface area (Å²) in [5.41, 5.74) is 15.5. The Morgan fingerprint density at radius 3 is 1.55 bits per heavy atom. The van der Waals surface area contributed by atoms with E-state index in [0.717, 1.165) is 50.5 Å². The van der Waals surface area contributed by atoms with E-state index in [1.54, 1.807) is 0 Å². The minimum absolute atomic E-state index is 0.693. The molecule has 0 spiro atoms. The van der Waals surface area contributed by atoms with Gasteiger partial charge in [0.1, 0.15) is 0 Å². The van der Waals surface area contributed by atoms with Crippen molar-refractivity contribution in [1.82, 2.24) is 14.5 Å². The molecule has 2 heterocycles. The first-order valence-electron chi connectivity index (χ1n) is 22.9. The van der Waals surface area contributed by atoms with Gasteiger partial charge in [0.05, 0.1) is 22.4 Å². The van der Waals surface area contributed by atoms with Gasteiger partial charge in [-0.25, -0.2) is 9.97 Å². The number of aromatic nitrogens is 3. The summed E-state index contributed by atoms with van der Waals surface area (Å²) in [5, 5.41) is 9.93. The average molecular weight is 852 g/mol. The average Bonchev–Trinajstić information content (AvgIpc) is 3.74. The highest BCUT2D eigenvalue weighted by atomic mass is 15.0. The summed E-state index contributed by atoms with van der Waals surface area (Å²) >= 11 is 0. The van der Waals surface area contributed by atoms with Crippen LogP contribution < -0.4 is 0 Å². The largest absolute Gasteiger partial charge is 0.309 e. The van der Waals surface area contributed by atoms with Crippen LogP contribution in [0.2, 0.25) is 0 Å². The SMILES string of the molecule is c1ccc(-c2nc(-c3ccc(-c4c5ccccc5c(-c5ccccc5)c5c4ccc4ccccc45)cc3)cc(-c3cccc(-c4ccc5c(c4)c4ccccc4n5-c4ccccc4)c3)n2)cc1. The zero-order valence-corrected chi connectivity index (χ0v) is 36.5. The summed E-state index contributed by atoms with van der Waals surface area (Å²) in [4.78, 5) is 10.5. The fraction of sp³-hybridized carbons (Fsp3) is 0. The van der Waals surface area contributed by atoms with Gasteiger partial charge in [-0.05, 0) is 108 Å². The molecule has 0 N–H and O–H groups in total. The van der Waals surface area contributed by atoms with E-state index < -0.39 is 0 Å². The maximum absolute atomic E-state index is 5.24. The van der Waals surface area contributed by atoms with Crippen molar-refractivity contribution < 1.29 is 0 Å². The van der Waals surface area contributed by atoms with Crippen LogP contribution in [0.15, 0.2) is 249 Å². The highest BCUT2D eigenvalue weighted by molar-refractivity contribution is 6.28. The van der Waals surface area contributed by atoms with Crippen molar-refractivity contribution in [2.45, 2.75) is 0 Å². The number of nitrogens with zero attached hydrogens (tertiary/aromatic N) is 3. The maximum Gasteiger partial charge on any atom is 0.160 e. The molecule has 0 amide bonds. The summed E-state index contributed by atoms with van der Waals surface area (Å²) < 4.78 is 2.36. The van der Waals surface area contributed by atoms with Gasteiger partial charge in [0.25, 0.3) is 0 Å². The highest BCUT2D eigenvalue weighted by Gasteiger charge is 2.20. The molecule has 2 aromatic heterocycles. The smallest absolute Gasteiger partial charge is 0.160 e. The van der Waals surface area contributed by atoms with Gasteiger partial charge in [-0.1, -0.05) is 206 Å². The monoisotopic (exact) mass is 851 g/mol. The van der Waals surface area contributed by atoms with Crippen LogP contribution in [0.1, 0.15) is 0 Å². The van der Waals surface area contributed by atoms with Crippen molar-refractivity contribution in [2.75, 3.05) is 0 Å². The summed E-state index contributed by atoms with van der Waals surface area (Å²) in [5.74, 6) is 0.693. The van der Waals surface area contributed by atoms with Crippen LogP contribution in [0.4, 0.5) is 0 Å². The van der Waals surface area contributed by atoms with Crippen LogP contribution >= 0.6 is 0 Å². The fourth-order valence-corrected chi connectivity index (χ4v) is 10.3. The van der Waals surface area contributed by atoms with E-state index in [0.29, 0.717) is 5.82 Å². The molecule has 13 rings (SSSR count). The van der Waals surface area contributed by atoms with Crippen LogP contribution in [0.25, 0.3) is 127 Å². The summed E-state index contributed by atoms with van der Waals surface area (Å²) in [7, 11) is 0. The third kappa shape index (κ3) is 6.59. The van der Waals surface area contributed by atoms with Crippen molar-refractivity contribution in [3.05, 3.63) is 249 Å². The van der Waals surface area contributed by atoms with Gasteiger partial charge in [0.2, 0.25) is 0 Å². The Hall–Kier alpha value is -8.92. The van der Waals surface area contributed by atoms with Gasteiger partial charge in [-0.15, -0.1) is 0 Å². The van der Waals surface area contributed by atoms with E-state index in [1.165, 1.54) is 70.8 Å². The number of hydrogen-bond donors (Lipinski definition) is 0. The molecule has 0 unspecified atom stereocenters. The second-order valence-electron chi connectivity index (χ2n) is 17.3. The Morgan fingerprint density at radius 1 is 0.269 bits per heavy atom. The van der Waals surface area contributed by atoms with Crippen molar-refractivity contribution in [3.63, 3.8) is 0 Å². The molecule has 0 aliphatic heterocycles. The molecule has 11 aromatic carbocycles. The molecule has 0 saturated carbocycles. The fourth-order valence-electron chi connectivity index (χ4n) is 10.3. The Labute approximate surface area is 388 Å². The number of fused-ring (bicyclic) bond motifs is 7.